The lowest BCUT2D eigenvalue weighted by molar-refractivity contribution is 0.621. The molecule has 1 aromatic carbocycles. The summed E-state index contributed by atoms with van der Waals surface area (Å²) in [4.78, 5) is 6.51. The number of halogens is 1. The predicted molar refractivity (Wildman–Crippen MR) is 70.2 cm³/mol. The number of rotatable bonds is 2. The lowest BCUT2D eigenvalue weighted by atomic mass is 10.3. The molecule has 17 heavy (non-hydrogen) atoms. The molecule has 0 saturated heterocycles. The molecule has 0 amide bonds. The van der Waals surface area contributed by atoms with E-state index in [1.807, 2.05) is 18.2 Å². The van der Waals surface area contributed by atoms with Crippen molar-refractivity contribution in [3.8, 4) is 10.8 Å². The van der Waals surface area contributed by atoms with Gasteiger partial charge >= 0.3 is 0 Å². The van der Waals surface area contributed by atoms with Gasteiger partial charge in [0.05, 0.1) is 4.88 Å². The zero-order chi connectivity index (χ0) is 11.8. The van der Waals surface area contributed by atoms with Gasteiger partial charge < -0.3 is 10.2 Å². The van der Waals surface area contributed by atoms with E-state index in [-0.39, 0.29) is 0 Å². The Hall–Kier alpha value is -1.36. The molecule has 0 radical (unpaired) electrons. The van der Waals surface area contributed by atoms with Gasteiger partial charge in [-0.1, -0.05) is 11.6 Å². The molecule has 3 nitrogen and oxygen atoms in total. The van der Waals surface area contributed by atoms with E-state index >= 15 is 0 Å². The van der Waals surface area contributed by atoms with Crippen molar-refractivity contribution >= 4 is 34.0 Å². The minimum absolute atomic E-state index is 0.538. The molecule has 0 atom stereocenters. The van der Waals surface area contributed by atoms with E-state index in [9.17, 15) is 0 Å². The SMILES string of the molecule is NCc1ccc(-c2nc3cc(Cl)ccc3o2)s1. The van der Waals surface area contributed by atoms with Crippen LogP contribution in [0.3, 0.4) is 0 Å². The van der Waals surface area contributed by atoms with Gasteiger partial charge in [0.25, 0.3) is 0 Å². The summed E-state index contributed by atoms with van der Waals surface area (Å²) >= 11 is 7.50. The van der Waals surface area contributed by atoms with Gasteiger partial charge in [0, 0.05) is 16.4 Å². The molecule has 3 aromatic rings. The minimum atomic E-state index is 0.538. The standard InChI is InChI=1S/C12H9ClN2OS/c13-7-1-3-10-9(5-7)15-12(16-10)11-4-2-8(6-14)17-11/h1-5H,6,14H2. The van der Waals surface area contributed by atoms with Crippen molar-refractivity contribution in [2.45, 2.75) is 6.54 Å². The molecule has 2 heterocycles. The van der Waals surface area contributed by atoms with Crippen molar-refractivity contribution in [3.05, 3.63) is 40.2 Å². The van der Waals surface area contributed by atoms with Crippen molar-refractivity contribution in [2.75, 3.05) is 0 Å². The van der Waals surface area contributed by atoms with Crippen LogP contribution in [0.4, 0.5) is 0 Å². The first-order valence-electron chi connectivity index (χ1n) is 5.11. The molecule has 2 aromatic heterocycles. The lowest BCUT2D eigenvalue weighted by Crippen LogP contribution is -1.90. The van der Waals surface area contributed by atoms with E-state index in [4.69, 9.17) is 21.8 Å². The molecule has 0 aliphatic rings. The molecule has 3 rings (SSSR count). The zero-order valence-corrected chi connectivity index (χ0v) is 10.4. The number of oxazole rings is 1. The number of nitrogens with zero attached hydrogens (tertiary/aromatic N) is 1. The third-order valence-corrected chi connectivity index (χ3v) is 3.75. The number of benzene rings is 1. The summed E-state index contributed by atoms with van der Waals surface area (Å²) in [6, 6.07) is 9.37. The van der Waals surface area contributed by atoms with Crippen LogP contribution in [0.15, 0.2) is 34.7 Å². The fraction of sp³-hybridized carbons (Fsp3) is 0.0833. The molecule has 0 fully saturated rings. The summed E-state index contributed by atoms with van der Waals surface area (Å²) in [5, 5.41) is 0.658. The molecule has 0 aliphatic heterocycles. The highest BCUT2D eigenvalue weighted by Gasteiger charge is 2.10. The highest BCUT2D eigenvalue weighted by atomic mass is 35.5. The van der Waals surface area contributed by atoms with Crippen molar-refractivity contribution in [2.24, 2.45) is 5.73 Å². The predicted octanol–water partition coefficient (Wildman–Crippen LogP) is 3.67. The highest BCUT2D eigenvalue weighted by molar-refractivity contribution is 7.15. The Labute approximate surface area is 107 Å². The van der Waals surface area contributed by atoms with Gasteiger partial charge in [0.1, 0.15) is 5.52 Å². The van der Waals surface area contributed by atoms with Gasteiger partial charge in [-0.3, -0.25) is 0 Å². The van der Waals surface area contributed by atoms with E-state index in [1.165, 1.54) is 0 Å². The maximum Gasteiger partial charge on any atom is 0.237 e. The molecular weight excluding hydrogens is 256 g/mol. The Bertz CT molecular complexity index is 674. The normalized spacial score (nSPS) is 11.2. The fourth-order valence-corrected chi connectivity index (χ4v) is 2.59. The lowest BCUT2D eigenvalue weighted by Gasteiger charge is -1.87. The molecule has 0 unspecified atom stereocenters. The average molecular weight is 265 g/mol. The number of aromatic nitrogens is 1. The van der Waals surface area contributed by atoms with Crippen LogP contribution < -0.4 is 5.73 Å². The van der Waals surface area contributed by atoms with Crippen LogP contribution in [-0.2, 0) is 6.54 Å². The van der Waals surface area contributed by atoms with Crippen LogP contribution in [0.2, 0.25) is 5.02 Å². The van der Waals surface area contributed by atoms with E-state index < -0.39 is 0 Å². The molecule has 86 valence electrons. The van der Waals surface area contributed by atoms with E-state index in [2.05, 4.69) is 4.98 Å². The summed E-state index contributed by atoms with van der Waals surface area (Å²) in [6.07, 6.45) is 0. The number of fused-ring (bicyclic) bond motifs is 1. The average Bonchev–Trinajstić information content (AvgIpc) is 2.93. The van der Waals surface area contributed by atoms with Crippen LogP contribution >= 0.6 is 22.9 Å². The summed E-state index contributed by atoms with van der Waals surface area (Å²) in [5.74, 6) is 0.618. The molecular formula is C12H9ClN2OS. The maximum atomic E-state index is 5.90. The third-order valence-electron chi connectivity index (χ3n) is 2.42. The second-order valence-corrected chi connectivity index (χ2v) is 5.21. The summed E-state index contributed by atoms with van der Waals surface area (Å²) in [6.45, 7) is 0.538. The molecule has 0 spiro atoms. The summed E-state index contributed by atoms with van der Waals surface area (Å²) in [5.41, 5.74) is 7.09. The maximum absolute atomic E-state index is 5.90. The van der Waals surface area contributed by atoms with Crippen LogP contribution in [0.1, 0.15) is 4.88 Å². The van der Waals surface area contributed by atoms with Crippen molar-refractivity contribution in [1.82, 2.24) is 4.98 Å². The zero-order valence-electron chi connectivity index (χ0n) is 8.81. The topological polar surface area (TPSA) is 52.0 Å². The summed E-state index contributed by atoms with van der Waals surface area (Å²) in [7, 11) is 0. The second kappa shape index (κ2) is 4.14. The first kappa shape index (κ1) is 10.8. The van der Waals surface area contributed by atoms with Gasteiger partial charge in [-0.25, -0.2) is 4.98 Å². The molecule has 2 N–H and O–H groups in total. The second-order valence-electron chi connectivity index (χ2n) is 3.60. The number of hydrogen-bond acceptors (Lipinski definition) is 4. The minimum Gasteiger partial charge on any atom is -0.435 e. The van der Waals surface area contributed by atoms with Crippen molar-refractivity contribution in [1.29, 1.82) is 0 Å². The van der Waals surface area contributed by atoms with E-state index in [0.29, 0.717) is 17.5 Å². The number of thiophene rings is 1. The quantitative estimate of drug-likeness (QED) is 0.768. The molecule has 0 saturated carbocycles. The Balaban J connectivity index is 2.11. The largest absolute Gasteiger partial charge is 0.435 e. The van der Waals surface area contributed by atoms with Gasteiger partial charge in [-0.05, 0) is 30.3 Å². The van der Waals surface area contributed by atoms with Gasteiger partial charge in [-0.15, -0.1) is 11.3 Å². The Morgan fingerprint density at radius 1 is 1.29 bits per heavy atom. The fourth-order valence-electron chi connectivity index (χ4n) is 1.61. The molecule has 0 aliphatic carbocycles. The van der Waals surface area contributed by atoms with Crippen molar-refractivity contribution < 1.29 is 4.42 Å². The smallest absolute Gasteiger partial charge is 0.237 e. The Kier molecular flexibility index (Phi) is 2.63. The van der Waals surface area contributed by atoms with E-state index in [0.717, 1.165) is 20.9 Å². The number of nitrogens with two attached hydrogens (primary N) is 1. The van der Waals surface area contributed by atoms with Crippen LogP contribution in [0, 0.1) is 0 Å². The number of hydrogen-bond donors (Lipinski definition) is 1. The van der Waals surface area contributed by atoms with Gasteiger partial charge in [-0.2, -0.15) is 0 Å². The third kappa shape index (κ3) is 1.95. The Morgan fingerprint density at radius 3 is 2.94 bits per heavy atom. The molecule has 5 heteroatoms. The van der Waals surface area contributed by atoms with Gasteiger partial charge in [0.2, 0.25) is 5.89 Å². The first-order valence-corrected chi connectivity index (χ1v) is 6.31. The first-order chi connectivity index (χ1) is 8.26. The summed E-state index contributed by atoms with van der Waals surface area (Å²) < 4.78 is 5.67. The van der Waals surface area contributed by atoms with Crippen LogP contribution in [0.25, 0.3) is 21.9 Å². The Morgan fingerprint density at radius 2 is 2.18 bits per heavy atom. The van der Waals surface area contributed by atoms with Gasteiger partial charge in [0.15, 0.2) is 5.58 Å². The highest BCUT2D eigenvalue weighted by Crippen LogP contribution is 2.30. The van der Waals surface area contributed by atoms with Crippen LogP contribution in [0.5, 0.6) is 0 Å². The molecule has 0 bridgehead atoms. The van der Waals surface area contributed by atoms with E-state index in [1.54, 1.807) is 23.5 Å². The van der Waals surface area contributed by atoms with Crippen molar-refractivity contribution in [3.63, 3.8) is 0 Å². The monoisotopic (exact) mass is 264 g/mol. The van der Waals surface area contributed by atoms with Crippen LogP contribution in [-0.4, -0.2) is 4.98 Å².